The molecule has 11 heavy (non-hydrogen) atoms. The summed E-state index contributed by atoms with van der Waals surface area (Å²) < 4.78 is 4.99. The maximum atomic E-state index is 8.72. The molecule has 3 heteroatoms. The molecule has 0 rings (SSSR count). The Bertz CT molecular complexity index is 152. The number of hydrogen-bond donors (Lipinski definition) is 1. The predicted octanol–water partition coefficient (Wildman–Crippen LogP) is 1.41. The van der Waals surface area contributed by atoms with Crippen molar-refractivity contribution >= 4 is 0 Å². The summed E-state index contributed by atoms with van der Waals surface area (Å²) in [5.41, 5.74) is 0.827. The van der Waals surface area contributed by atoms with Crippen LogP contribution in [0.1, 0.15) is 6.92 Å². The van der Waals surface area contributed by atoms with Gasteiger partial charge in [-0.2, -0.15) is 0 Å². The van der Waals surface area contributed by atoms with Gasteiger partial charge in [-0.25, -0.2) is 0 Å². The van der Waals surface area contributed by atoms with Gasteiger partial charge in [-0.15, -0.1) is 0 Å². The monoisotopic (exact) mass is 157 g/mol. The SMILES string of the molecule is C=C(/C=C\N(C)O)[C@H](C)OC. The van der Waals surface area contributed by atoms with Gasteiger partial charge in [0.25, 0.3) is 0 Å². The van der Waals surface area contributed by atoms with Gasteiger partial charge < -0.3 is 4.74 Å². The molecule has 1 atom stereocenters. The Hall–Kier alpha value is -0.800. The van der Waals surface area contributed by atoms with Gasteiger partial charge >= 0.3 is 0 Å². The van der Waals surface area contributed by atoms with Crippen molar-refractivity contribution in [2.45, 2.75) is 13.0 Å². The quantitative estimate of drug-likeness (QED) is 0.494. The minimum atomic E-state index is -0.00815. The molecule has 0 aliphatic rings. The molecule has 0 fully saturated rings. The maximum Gasteiger partial charge on any atom is 0.0787 e. The van der Waals surface area contributed by atoms with E-state index in [0.29, 0.717) is 0 Å². The highest BCUT2D eigenvalue weighted by molar-refractivity contribution is 5.17. The zero-order valence-electron chi connectivity index (χ0n) is 7.24. The first-order valence-electron chi connectivity index (χ1n) is 3.39. The van der Waals surface area contributed by atoms with E-state index in [-0.39, 0.29) is 6.10 Å². The Labute approximate surface area is 67.5 Å². The smallest absolute Gasteiger partial charge is 0.0787 e. The summed E-state index contributed by atoms with van der Waals surface area (Å²) in [4.78, 5) is 0. The standard InChI is InChI=1S/C8H15NO2/c1-7(8(2)11-4)5-6-9(3)10/h5-6,8,10H,1H2,2-4H3/b6-5-/t8-/m0/s1. The highest BCUT2D eigenvalue weighted by Gasteiger charge is 1.99. The Morgan fingerprint density at radius 3 is 2.64 bits per heavy atom. The fourth-order valence-corrected chi connectivity index (χ4v) is 0.490. The summed E-state index contributed by atoms with van der Waals surface area (Å²) in [6, 6.07) is 0. The van der Waals surface area contributed by atoms with Gasteiger partial charge in [0.1, 0.15) is 0 Å². The minimum absolute atomic E-state index is 0.00815. The molecule has 0 aromatic heterocycles. The van der Waals surface area contributed by atoms with Gasteiger partial charge in [0, 0.05) is 20.4 Å². The molecule has 0 unspecified atom stereocenters. The summed E-state index contributed by atoms with van der Waals surface area (Å²) in [7, 11) is 3.15. The molecule has 0 bridgehead atoms. The average molecular weight is 157 g/mol. The second kappa shape index (κ2) is 4.93. The van der Waals surface area contributed by atoms with E-state index in [1.54, 1.807) is 13.2 Å². The molecule has 1 N–H and O–H groups in total. The van der Waals surface area contributed by atoms with Crippen molar-refractivity contribution in [1.82, 2.24) is 5.06 Å². The van der Waals surface area contributed by atoms with Crippen molar-refractivity contribution in [3.05, 3.63) is 24.4 Å². The third-order valence-corrected chi connectivity index (χ3v) is 1.38. The number of ether oxygens (including phenoxy) is 1. The van der Waals surface area contributed by atoms with E-state index in [1.807, 2.05) is 6.92 Å². The van der Waals surface area contributed by atoms with Crippen LogP contribution in [0.15, 0.2) is 24.4 Å². The zero-order valence-corrected chi connectivity index (χ0v) is 7.24. The number of rotatable bonds is 4. The van der Waals surface area contributed by atoms with Gasteiger partial charge in [0.05, 0.1) is 6.10 Å². The lowest BCUT2D eigenvalue weighted by Crippen LogP contribution is -2.07. The molecule has 0 spiro atoms. The largest absolute Gasteiger partial charge is 0.377 e. The molecule has 0 heterocycles. The zero-order chi connectivity index (χ0) is 8.85. The molecule has 64 valence electrons. The number of methoxy groups -OCH3 is 1. The lowest BCUT2D eigenvalue weighted by atomic mass is 10.2. The normalized spacial score (nSPS) is 13.5. The van der Waals surface area contributed by atoms with Crippen molar-refractivity contribution in [2.75, 3.05) is 14.2 Å². The third-order valence-electron chi connectivity index (χ3n) is 1.38. The van der Waals surface area contributed by atoms with Crippen LogP contribution in [0.3, 0.4) is 0 Å². The second-order valence-electron chi connectivity index (χ2n) is 2.34. The molecule has 0 aliphatic carbocycles. The topological polar surface area (TPSA) is 32.7 Å². The minimum Gasteiger partial charge on any atom is -0.377 e. The molecule has 0 aliphatic heterocycles. The first kappa shape index (κ1) is 10.2. The van der Waals surface area contributed by atoms with Crippen LogP contribution in [0.4, 0.5) is 0 Å². The summed E-state index contributed by atoms with van der Waals surface area (Å²) in [5, 5.41) is 9.69. The van der Waals surface area contributed by atoms with E-state index in [2.05, 4.69) is 6.58 Å². The van der Waals surface area contributed by atoms with E-state index in [0.717, 1.165) is 10.6 Å². The van der Waals surface area contributed by atoms with Crippen LogP contribution in [-0.2, 0) is 4.74 Å². The van der Waals surface area contributed by atoms with Crippen molar-refractivity contribution < 1.29 is 9.94 Å². The summed E-state index contributed by atoms with van der Waals surface area (Å²) in [5.74, 6) is 0. The van der Waals surface area contributed by atoms with Gasteiger partial charge in [0.2, 0.25) is 0 Å². The predicted molar refractivity (Wildman–Crippen MR) is 44.3 cm³/mol. The summed E-state index contributed by atoms with van der Waals surface area (Å²) in [6.45, 7) is 5.64. The third kappa shape index (κ3) is 4.58. The highest BCUT2D eigenvalue weighted by atomic mass is 16.5. The van der Waals surface area contributed by atoms with Crippen molar-refractivity contribution in [2.24, 2.45) is 0 Å². The molecule has 0 radical (unpaired) electrons. The number of hydroxylamine groups is 2. The summed E-state index contributed by atoms with van der Waals surface area (Å²) >= 11 is 0. The van der Waals surface area contributed by atoms with Crippen molar-refractivity contribution in [3.63, 3.8) is 0 Å². The Balaban J connectivity index is 3.86. The van der Waals surface area contributed by atoms with Crippen LogP contribution in [0.5, 0.6) is 0 Å². The second-order valence-corrected chi connectivity index (χ2v) is 2.34. The van der Waals surface area contributed by atoms with E-state index >= 15 is 0 Å². The fourth-order valence-electron chi connectivity index (χ4n) is 0.490. The van der Waals surface area contributed by atoms with E-state index in [9.17, 15) is 0 Å². The first-order chi connectivity index (χ1) is 5.07. The molecule has 0 saturated heterocycles. The van der Waals surface area contributed by atoms with Crippen LogP contribution in [-0.4, -0.2) is 30.5 Å². The van der Waals surface area contributed by atoms with E-state index in [1.165, 1.54) is 13.2 Å². The average Bonchev–Trinajstić information content (AvgIpc) is 1.98. The van der Waals surface area contributed by atoms with Crippen LogP contribution in [0, 0.1) is 0 Å². The van der Waals surface area contributed by atoms with E-state index < -0.39 is 0 Å². The molecular weight excluding hydrogens is 142 g/mol. The Morgan fingerprint density at radius 2 is 2.27 bits per heavy atom. The molecule has 0 aromatic carbocycles. The fraction of sp³-hybridized carbons (Fsp3) is 0.500. The molecule has 0 aromatic rings. The lowest BCUT2D eigenvalue weighted by molar-refractivity contribution is -0.0130. The highest BCUT2D eigenvalue weighted by Crippen LogP contribution is 2.03. The first-order valence-corrected chi connectivity index (χ1v) is 3.39. The van der Waals surface area contributed by atoms with Gasteiger partial charge in [0.15, 0.2) is 0 Å². The summed E-state index contributed by atoms with van der Waals surface area (Å²) in [6.07, 6.45) is 3.21. The Morgan fingerprint density at radius 1 is 1.73 bits per heavy atom. The maximum absolute atomic E-state index is 8.72. The Kier molecular flexibility index (Phi) is 4.57. The van der Waals surface area contributed by atoms with Crippen LogP contribution >= 0.6 is 0 Å². The molecule has 3 nitrogen and oxygen atoms in total. The van der Waals surface area contributed by atoms with Crippen LogP contribution in [0.25, 0.3) is 0 Å². The van der Waals surface area contributed by atoms with Gasteiger partial charge in [-0.05, 0) is 18.6 Å². The van der Waals surface area contributed by atoms with Crippen molar-refractivity contribution in [3.8, 4) is 0 Å². The molecular formula is C8H15NO2. The molecule has 0 saturated carbocycles. The van der Waals surface area contributed by atoms with Crippen molar-refractivity contribution in [1.29, 1.82) is 0 Å². The van der Waals surface area contributed by atoms with Crippen LogP contribution in [0.2, 0.25) is 0 Å². The lowest BCUT2D eigenvalue weighted by Gasteiger charge is -2.09. The number of hydrogen-bond acceptors (Lipinski definition) is 3. The number of nitrogens with zero attached hydrogens (tertiary/aromatic N) is 1. The molecule has 0 amide bonds. The van der Waals surface area contributed by atoms with E-state index in [4.69, 9.17) is 9.94 Å². The van der Waals surface area contributed by atoms with Crippen LogP contribution < -0.4 is 0 Å². The van der Waals surface area contributed by atoms with Gasteiger partial charge in [-0.3, -0.25) is 10.3 Å². The van der Waals surface area contributed by atoms with Gasteiger partial charge in [-0.1, -0.05) is 6.58 Å².